The fourth-order valence-corrected chi connectivity index (χ4v) is 5.81. The highest BCUT2D eigenvalue weighted by atomic mass is 16.1. The molecule has 3 heterocycles. The largest absolute Gasteiger partial charge is 0.347 e. The quantitative estimate of drug-likeness (QED) is 0.390. The number of carbonyl (C=O) groups excluding carboxylic acids is 1. The molecule has 152 valence electrons. The molecule has 1 aromatic heterocycles. The number of piperidine rings is 1. The van der Waals surface area contributed by atoms with Gasteiger partial charge in [-0.1, -0.05) is 50.8 Å². The number of hydrogen-bond acceptors (Lipinski definition) is 2. The number of aromatic nitrogens is 1. The molecule has 0 aliphatic carbocycles. The predicted octanol–water partition coefficient (Wildman–Crippen LogP) is 6.06. The smallest absolute Gasteiger partial charge is 0.161 e. The third kappa shape index (κ3) is 4.05. The highest BCUT2D eigenvalue weighted by Crippen LogP contribution is 2.40. The van der Waals surface area contributed by atoms with Crippen LogP contribution in [0.15, 0.2) is 30.5 Å². The minimum atomic E-state index is 0.165. The molecular weight excluding hydrogens is 344 g/mol. The number of Topliss-reactive ketones (excluding diaryl/α,β-unsaturated/α-hetero) is 1. The number of ketones is 1. The van der Waals surface area contributed by atoms with Gasteiger partial charge in [-0.2, -0.15) is 0 Å². The van der Waals surface area contributed by atoms with E-state index in [-0.39, 0.29) is 5.78 Å². The van der Waals surface area contributed by atoms with E-state index < -0.39 is 0 Å². The molecule has 0 amide bonds. The lowest BCUT2D eigenvalue weighted by atomic mass is 9.86. The molecule has 2 saturated heterocycles. The number of para-hydroxylation sites is 1. The molecule has 3 nitrogen and oxygen atoms in total. The molecule has 0 spiro atoms. The van der Waals surface area contributed by atoms with Crippen LogP contribution in [0.4, 0.5) is 0 Å². The molecule has 3 atom stereocenters. The monoisotopic (exact) mass is 380 g/mol. The number of carbonyl (C=O) groups is 1. The Morgan fingerprint density at radius 1 is 1.04 bits per heavy atom. The molecule has 2 bridgehead atoms. The Hall–Kier alpha value is -1.61. The van der Waals surface area contributed by atoms with Crippen LogP contribution in [0.2, 0.25) is 0 Å². The van der Waals surface area contributed by atoms with E-state index in [2.05, 4.69) is 40.8 Å². The van der Waals surface area contributed by atoms with Gasteiger partial charge in [-0.3, -0.25) is 9.69 Å². The predicted molar refractivity (Wildman–Crippen MR) is 117 cm³/mol. The second kappa shape index (κ2) is 8.82. The number of aryl methyl sites for hydroxylation is 1. The average molecular weight is 381 g/mol. The van der Waals surface area contributed by atoms with Crippen LogP contribution < -0.4 is 0 Å². The number of fused-ring (bicyclic) bond motifs is 3. The van der Waals surface area contributed by atoms with Gasteiger partial charge in [0.05, 0.1) is 0 Å². The van der Waals surface area contributed by atoms with Crippen LogP contribution in [-0.2, 0) is 6.54 Å². The van der Waals surface area contributed by atoms with Crippen molar-refractivity contribution >= 4 is 16.7 Å². The maximum absolute atomic E-state index is 12.0. The van der Waals surface area contributed by atoms with Crippen molar-refractivity contribution in [3.8, 4) is 0 Å². The summed E-state index contributed by atoms with van der Waals surface area (Å²) in [4.78, 5) is 14.8. The van der Waals surface area contributed by atoms with E-state index in [0.29, 0.717) is 0 Å². The zero-order chi connectivity index (χ0) is 19.5. The molecule has 1 aromatic carbocycles. The standard InChI is InChI=1S/C25H36N2O/c1-3-4-5-9-20-16-21-12-13-22(17-20)27(21)15-8-14-26-18-24(19(2)28)23-10-6-7-11-25(23)26/h6-7,10-11,18,20-22H,3-5,8-9,12-17H2,1-2H3/t20?,21-,22+. The fourth-order valence-electron chi connectivity index (χ4n) is 5.81. The molecule has 3 heteroatoms. The van der Waals surface area contributed by atoms with Crippen molar-refractivity contribution in [2.75, 3.05) is 6.54 Å². The Morgan fingerprint density at radius 3 is 2.50 bits per heavy atom. The first kappa shape index (κ1) is 19.7. The number of rotatable bonds is 9. The lowest BCUT2D eigenvalue weighted by molar-refractivity contribution is 0.0966. The molecule has 0 radical (unpaired) electrons. The van der Waals surface area contributed by atoms with Gasteiger partial charge in [0.2, 0.25) is 0 Å². The summed E-state index contributed by atoms with van der Waals surface area (Å²) in [7, 11) is 0. The first-order valence-electron chi connectivity index (χ1n) is 11.5. The van der Waals surface area contributed by atoms with E-state index >= 15 is 0 Å². The molecule has 2 aromatic rings. The van der Waals surface area contributed by atoms with E-state index in [9.17, 15) is 4.79 Å². The van der Waals surface area contributed by atoms with Gasteiger partial charge in [0.1, 0.15) is 0 Å². The first-order chi connectivity index (χ1) is 13.7. The van der Waals surface area contributed by atoms with E-state index in [0.717, 1.165) is 35.5 Å². The summed E-state index contributed by atoms with van der Waals surface area (Å²) < 4.78 is 2.30. The van der Waals surface area contributed by atoms with Crippen LogP contribution in [0.5, 0.6) is 0 Å². The van der Waals surface area contributed by atoms with Gasteiger partial charge < -0.3 is 4.57 Å². The lowest BCUT2D eigenvalue weighted by Gasteiger charge is -2.39. The Bertz CT molecular complexity index is 794. The van der Waals surface area contributed by atoms with Gasteiger partial charge >= 0.3 is 0 Å². The number of benzene rings is 1. The van der Waals surface area contributed by atoms with Crippen LogP contribution in [0.1, 0.15) is 82.0 Å². The molecule has 2 fully saturated rings. The van der Waals surface area contributed by atoms with Crippen molar-refractivity contribution in [2.24, 2.45) is 5.92 Å². The maximum Gasteiger partial charge on any atom is 0.161 e. The lowest BCUT2D eigenvalue weighted by Crippen LogP contribution is -2.43. The Morgan fingerprint density at radius 2 is 1.79 bits per heavy atom. The summed E-state index contributed by atoms with van der Waals surface area (Å²) >= 11 is 0. The van der Waals surface area contributed by atoms with Crippen LogP contribution in [0.25, 0.3) is 10.9 Å². The van der Waals surface area contributed by atoms with Crippen LogP contribution in [0, 0.1) is 5.92 Å². The van der Waals surface area contributed by atoms with Crippen molar-refractivity contribution in [1.29, 1.82) is 0 Å². The zero-order valence-corrected chi connectivity index (χ0v) is 17.7. The van der Waals surface area contributed by atoms with Crippen LogP contribution in [-0.4, -0.2) is 33.9 Å². The summed E-state index contributed by atoms with van der Waals surface area (Å²) in [5.41, 5.74) is 2.06. The van der Waals surface area contributed by atoms with Gasteiger partial charge in [-0.25, -0.2) is 0 Å². The van der Waals surface area contributed by atoms with E-state index in [4.69, 9.17) is 0 Å². The van der Waals surface area contributed by atoms with Crippen LogP contribution >= 0.6 is 0 Å². The summed E-state index contributed by atoms with van der Waals surface area (Å²) in [5.74, 6) is 1.14. The maximum atomic E-state index is 12.0. The fraction of sp³-hybridized carbons (Fsp3) is 0.640. The molecule has 0 N–H and O–H groups in total. The summed E-state index contributed by atoms with van der Waals surface area (Å²) in [5, 5.41) is 1.10. The average Bonchev–Trinajstić information content (AvgIpc) is 3.17. The van der Waals surface area contributed by atoms with Gasteiger partial charge in [0.25, 0.3) is 0 Å². The molecule has 4 rings (SSSR count). The molecule has 2 aliphatic rings. The SMILES string of the molecule is CCCCCC1C[C@H]2CC[C@@H](C1)N2CCCn1cc(C(C)=O)c2ccccc21. The van der Waals surface area contributed by atoms with Gasteiger partial charge in [-0.05, 0) is 51.0 Å². The van der Waals surface area contributed by atoms with Crippen molar-refractivity contribution in [3.05, 3.63) is 36.0 Å². The highest BCUT2D eigenvalue weighted by Gasteiger charge is 2.39. The third-order valence-corrected chi connectivity index (χ3v) is 7.18. The zero-order valence-electron chi connectivity index (χ0n) is 17.7. The highest BCUT2D eigenvalue weighted by molar-refractivity contribution is 6.06. The topological polar surface area (TPSA) is 25.2 Å². The Balaban J connectivity index is 1.34. The number of hydrogen-bond donors (Lipinski definition) is 0. The van der Waals surface area contributed by atoms with Crippen molar-refractivity contribution in [1.82, 2.24) is 9.47 Å². The normalized spacial score (nSPS) is 24.9. The van der Waals surface area contributed by atoms with Crippen molar-refractivity contribution in [2.45, 2.75) is 90.3 Å². The van der Waals surface area contributed by atoms with Crippen molar-refractivity contribution < 1.29 is 4.79 Å². The van der Waals surface area contributed by atoms with Crippen LogP contribution in [0.3, 0.4) is 0 Å². The Labute approximate surface area is 170 Å². The van der Waals surface area contributed by atoms with E-state index in [1.165, 1.54) is 69.8 Å². The summed E-state index contributed by atoms with van der Waals surface area (Å²) in [6, 6.07) is 9.99. The van der Waals surface area contributed by atoms with Gasteiger partial charge in [0, 0.05) is 47.8 Å². The summed E-state index contributed by atoms with van der Waals surface area (Å²) in [6.45, 7) is 6.19. The van der Waals surface area contributed by atoms with Gasteiger partial charge in [0.15, 0.2) is 5.78 Å². The van der Waals surface area contributed by atoms with Gasteiger partial charge in [-0.15, -0.1) is 0 Å². The molecule has 0 saturated carbocycles. The second-order valence-corrected chi connectivity index (χ2v) is 9.12. The second-order valence-electron chi connectivity index (χ2n) is 9.12. The first-order valence-corrected chi connectivity index (χ1v) is 11.5. The van der Waals surface area contributed by atoms with E-state index in [1.807, 2.05) is 6.07 Å². The molecule has 2 aliphatic heterocycles. The molecular formula is C25H36N2O. The Kier molecular flexibility index (Phi) is 6.20. The van der Waals surface area contributed by atoms with Crippen molar-refractivity contribution in [3.63, 3.8) is 0 Å². The minimum Gasteiger partial charge on any atom is -0.347 e. The third-order valence-electron chi connectivity index (χ3n) is 7.18. The molecule has 1 unspecified atom stereocenters. The summed E-state index contributed by atoms with van der Waals surface area (Å²) in [6.07, 6.45) is 14.6. The number of unbranched alkanes of at least 4 members (excludes halogenated alkanes) is 2. The minimum absolute atomic E-state index is 0.165. The van der Waals surface area contributed by atoms with E-state index in [1.54, 1.807) is 6.92 Å². The molecule has 28 heavy (non-hydrogen) atoms. The number of nitrogens with zero attached hydrogens (tertiary/aromatic N) is 2.